The summed E-state index contributed by atoms with van der Waals surface area (Å²) in [6, 6.07) is 15.0. The first-order valence-electron chi connectivity index (χ1n) is 11.1. The summed E-state index contributed by atoms with van der Waals surface area (Å²) in [5.41, 5.74) is 4.61. The molecule has 1 fully saturated rings. The molecule has 2 heterocycles. The van der Waals surface area contributed by atoms with Gasteiger partial charge in [0.2, 0.25) is 17.6 Å². The highest BCUT2D eigenvalue weighted by atomic mass is 16.5. The summed E-state index contributed by atoms with van der Waals surface area (Å²) in [5.74, 6) is 0.711. The van der Waals surface area contributed by atoms with Crippen LogP contribution in [0.2, 0.25) is 0 Å². The quantitative estimate of drug-likeness (QED) is 0.358. The molecule has 1 saturated carbocycles. The number of tetrazole rings is 1. The summed E-state index contributed by atoms with van der Waals surface area (Å²) in [4.78, 5) is 17.3. The first-order chi connectivity index (χ1) is 16.5. The van der Waals surface area contributed by atoms with E-state index < -0.39 is 0 Å². The second kappa shape index (κ2) is 8.93. The van der Waals surface area contributed by atoms with Gasteiger partial charge in [0.05, 0.1) is 12.3 Å². The van der Waals surface area contributed by atoms with Gasteiger partial charge in [-0.15, -0.1) is 10.2 Å². The number of nitrogens with one attached hydrogen (secondary N) is 2. The Morgan fingerprint density at radius 1 is 1.21 bits per heavy atom. The zero-order valence-corrected chi connectivity index (χ0v) is 18.8. The third-order valence-corrected chi connectivity index (χ3v) is 5.92. The van der Waals surface area contributed by atoms with E-state index in [2.05, 4.69) is 43.1 Å². The number of amides is 1. The molecule has 34 heavy (non-hydrogen) atoms. The van der Waals surface area contributed by atoms with E-state index >= 15 is 0 Å². The largest absolute Gasteiger partial charge is 0.506 e. The van der Waals surface area contributed by atoms with Gasteiger partial charge in [0, 0.05) is 29.3 Å². The smallest absolute Gasteiger partial charge is 0.228 e. The number of rotatable bonds is 7. The predicted molar refractivity (Wildman–Crippen MR) is 126 cm³/mol. The number of aryl methyl sites for hydroxylation is 1. The Labute approximate surface area is 196 Å². The van der Waals surface area contributed by atoms with Crippen LogP contribution in [0, 0.1) is 12.8 Å². The van der Waals surface area contributed by atoms with Crippen LogP contribution >= 0.6 is 0 Å². The van der Waals surface area contributed by atoms with Crippen molar-refractivity contribution in [2.45, 2.75) is 26.2 Å². The lowest BCUT2D eigenvalue weighted by molar-refractivity contribution is -0.117. The van der Waals surface area contributed by atoms with E-state index in [-0.39, 0.29) is 23.5 Å². The molecule has 0 radical (unpaired) electrons. The molecule has 0 spiro atoms. The number of anilines is 1. The molecule has 9 heteroatoms. The van der Waals surface area contributed by atoms with Crippen LogP contribution in [0.15, 0.2) is 54.7 Å². The molecule has 0 bridgehead atoms. The third kappa shape index (κ3) is 4.32. The van der Waals surface area contributed by atoms with Gasteiger partial charge in [0.15, 0.2) is 0 Å². The Bertz CT molecular complexity index is 1320. The molecule has 2 aromatic carbocycles. The SMILES string of the molecule is CCOc1ccc(-c2cc(O)c(NC(=O)C3CC3c3cccc(C)c3)cc2-c2nn[nH]n2)cn1. The van der Waals surface area contributed by atoms with E-state index in [1.54, 1.807) is 24.4 Å². The number of carbonyl (C=O) groups excluding carboxylic acids is 1. The van der Waals surface area contributed by atoms with Crippen molar-refractivity contribution in [2.24, 2.45) is 5.92 Å². The van der Waals surface area contributed by atoms with Crippen LogP contribution in [-0.2, 0) is 4.79 Å². The standard InChI is InChI=1S/C25H24N6O3/c1-3-34-23-8-7-16(13-26-23)18-12-22(32)21(11-19(18)24-28-30-31-29-24)27-25(33)20-10-17(20)15-6-4-5-14(2)9-15/h4-9,11-13,17,20,32H,3,10H2,1-2H3,(H,27,33)(H,28,29,30,31). The molecule has 3 N–H and O–H groups in total. The number of hydrogen-bond donors (Lipinski definition) is 3. The highest BCUT2D eigenvalue weighted by Gasteiger charge is 2.44. The van der Waals surface area contributed by atoms with Crippen molar-refractivity contribution in [3.8, 4) is 34.1 Å². The fourth-order valence-electron chi connectivity index (χ4n) is 4.14. The molecule has 1 aliphatic rings. The number of phenolic OH excluding ortho intramolecular Hbond substituents is 1. The van der Waals surface area contributed by atoms with E-state index in [0.717, 1.165) is 17.5 Å². The molecule has 9 nitrogen and oxygen atoms in total. The molecule has 0 saturated heterocycles. The fraction of sp³-hybridized carbons (Fsp3) is 0.240. The van der Waals surface area contributed by atoms with E-state index in [1.807, 2.05) is 32.0 Å². The van der Waals surface area contributed by atoms with Crippen molar-refractivity contribution >= 4 is 11.6 Å². The van der Waals surface area contributed by atoms with Gasteiger partial charge < -0.3 is 15.2 Å². The second-order valence-corrected chi connectivity index (χ2v) is 8.32. The number of aromatic amines is 1. The summed E-state index contributed by atoms with van der Waals surface area (Å²) in [6.07, 6.45) is 2.43. The van der Waals surface area contributed by atoms with Gasteiger partial charge in [0.1, 0.15) is 5.75 Å². The minimum absolute atomic E-state index is 0.0581. The summed E-state index contributed by atoms with van der Waals surface area (Å²) in [7, 11) is 0. The average molecular weight is 457 g/mol. The molecule has 2 atom stereocenters. The van der Waals surface area contributed by atoms with Gasteiger partial charge >= 0.3 is 0 Å². The summed E-state index contributed by atoms with van der Waals surface area (Å²) >= 11 is 0. The van der Waals surface area contributed by atoms with Crippen LogP contribution in [0.3, 0.4) is 0 Å². The normalized spacial score (nSPS) is 16.8. The number of ether oxygens (including phenoxy) is 1. The minimum atomic E-state index is -0.134. The van der Waals surface area contributed by atoms with E-state index in [0.29, 0.717) is 35.1 Å². The zero-order chi connectivity index (χ0) is 23.7. The monoisotopic (exact) mass is 456 g/mol. The van der Waals surface area contributed by atoms with Gasteiger partial charge in [-0.25, -0.2) is 4.98 Å². The molecule has 1 aliphatic carbocycles. The Hall–Kier alpha value is -4.27. The molecule has 1 amide bonds. The lowest BCUT2D eigenvalue weighted by Crippen LogP contribution is -2.15. The molecular formula is C25H24N6O3. The number of H-pyrrole nitrogens is 1. The van der Waals surface area contributed by atoms with Gasteiger partial charge in [-0.1, -0.05) is 29.8 Å². The fourth-order valence-corrected chi connectivity index (χ4v) is 4.14. The maximum atomic E-state index is 13.0. The van der Waals surface area contributed by atoms with Gasteiger partial charge in [0.25, 0.3) is 0 Å². The molecule has 4 aromatic rings. The number of benzene rings is 2. The van der Waals surface area contributed by atoms with E-state index in [4.69, 9.17) is 4.74 Å². The van der Waals surface area contributed by atoms with Crippen LogP contribution in [0.4, 0.5) is 5.69 Å². The van der Waals surface area contributed by atoms with Crippen molar-refractivity contribution in [3.05, 3.63) is 65.9 Å². The number of pyridine rings is 1. The number of hydrogen-bond acceptors (Lipinski definition) is 7. The number of carbonyl (C=O) groups is 1. The highest BCUT2D eigenvalue weighted by molar-refractivity contribution is 5.98. The van der Waals surface area contributed by atoms with Crippen LogP contribution in [0.1, 0.15) is 30.4 Å². The minimum Gasteiger partial charge on any atom is -0.506 e. The Balaban J connectivity index is 1.42. The predicted octanol–water partition coefficient (Wildman–Crippen LogP) is 4.08. The third-order valence-electron chi connectivity index (χ3n) is 5.92. The van der Waals surface area contributed by atoms with Crippen LogP contribution < -0.4 is 10.1 Å². The lowest BCUT2D eigenvalue weighted by Gasteiger charge is -2.13. The number of nitrogens with zero attached hydrogens (tertiary/aromatic N) is 4. The van der Waals surface area contributed by atoms with E-state index in [9.17, 15) is 9.90 Å². The van der Waals surface area contributed by atoms with Gasteiger partial charge in [-0.3, -0.25) is 4.79 Å². The molecule has 172 valence electrons. The number of phenols is 1. The maximum Gasteiger partial charge on any atom is 0.228 e. The molecule has 2 unspecified atom stereocenters. The van der Waals surface area contributed by atoms with Crippen LogP contribution in [0.5, 0.6) is 11.6 Å². The van der Waals surface area contributed by atoms with Crippen molar-refractivity contribution in [2.75, 3.05) is 11.9 Å². The Kier molecular flexibility index (Phi) is 5.67. The Morgan fingerprint density at radius 2 is 2.09 bits per heavy atom. The van der Waals surface area contributed by atoms with Gasteiger partial charge in [-0.2, -0.15) is 5.21 Å². The van der Waals surface area contributed by atoms with E-state index in [1.165, 1.54) is 5.56 Å². The highest BCUT2D eigenvalue weighted by Crippen LogP contribution is 2.48. The van der Waals surface area contributed by atoms with Crippen molar-refractivity contribution in [3.63, 3.8) is 0 Å². The van der Waals surface area contributed by atoms with Crippen LogP contribution in [-0.4, -0.2) is 43.2 Å². The molecule has 2 aromatic heterocycles. The first-order valence-corrected chi connectivity index (χ1v) is 11.1. The summed E-state index contributed by atoms with van der Waals surface area (Å²) in [6.45, 7) is 4.45. The van der Waals surface area contributed by atoms with Gasteiger partial charge in [-0.05, 0) is 60.7 Å². The zero-order valence-electron chi connectivity index (χ0n) is 18.8. The lowest BCUT2D eigenvalue weighted by atomic mass is 9.99. The maximum absolute atomic E-state index is 13.0. The second-order valence-electron chi connectivity index (χ2n) is 8.32. The molecule has 5 rings (SSSR count). The average Bonchev–Trinajstić information content (AvgIpc) is 3.46. The first kappa shape index (κ1) is 21.6. The van der Waals surface area contributed by atoms with Crippen LogP contribution in [0.25, 0.3) is 22.5 Å². The topological polar surface area (TPSA) is 126 Å². The molecular weight excluding hydrogens is 432 g/mol. The summed E-state index contributed by atoms with van der Waals surface area (Å²) < 4.78 is 5.41. The Morgan fingerprint density at radius 3 is 2.79 bits per heavy atom. The number of aromatic hydroxyl groups is 1. The van der Waals surface area contributed by atoms with Crippen molar-refractivity contribution in [1.82, 2.24) is 25.6 Å². The van der Waals surface area contributed by atoms with Crippen molar-refractivity contribution in [1.29, 1.82) is 0 Å². The van der Waals surface area contributed by atoms with Crippen molar-refractivity contribution < 1.29 is 14.6 Å². The summed E-state index contributed by atoms with van der Waals surface area (Å²) in [5, 5.41) is 27.9. The molecule has 0 aliphatic heterocycles. The number of aromatic nitrogens is 5.